The highest BCUT2D eigenvalue weighted by Gasteiger charge is 2.26. The van der Waals surface area contributed by atoms with E-state index in [0.717, 1.165) is 0 Å². The van der Waals surface area contributed by atoms with Crippen LogP contribution < -0.4 is 0 Å². The maximum Gasteiger partial charge on any atom is 0.0843 e. The third kappa shape index (κ3) is 7.25. The van der Waals surface area contributed by atoms with Gasteiger partial charge in [0.25, 0.3) is 0 Å². The number of hydrogen-bond donors (Lipinski definition) is 6. The van der Waals surface area contributed by atoms with Gasteiger partial charge in [-0.1, -0.05) is 27.7 Å². The first-order valence-electron chi connectivity index (χ1n) is 5.88. The molecule has 0 radical (unpaired) electrons. The largest absolute Gasteiger partial charge is 0.396 e. The van der Waals surface area contributed by atoms with Crippen molar-refractivity contribution in [1.82, 2.24) is 0 Å². The molecular formula is C12H28O6. The van der Waals surface area contributed by atoms with Gasteiger partial charge in [0.2, 0.25) is 0 Å². The Bertz CT molecular complexity index is 183. The van der Waals surface area contributed by atoms with Crippen LogP contribution in [0, 0.1) is 10.8 Å². The first-order chi connectivity index (χ1) is 8.08. The highest BCUT2D eigenvalue weighted by Crippen LogP contribution is 2.18. The zero-order valence-electron chi connectivity index (χ0n) is 11.7. The van der Waals surface area contributed by atoms with Crippen LogP contribution in [0.2, 0.25) is 0 Å². The van der Waals surface area contributed by atoms with E-state index in [1.807, 2.05) is 0 Å². The molecule has 0 saturated heterocycles. The molecule has 0 saturated carbocycles. The zero-order chi connectivity index (χ0) is 15.0. The molecule has 18 heavy (non-hydrogen) atoms. The van der Waals surface area contributed by atoms with E-state index in [4.69, 9.17) is 30.6 Å². The molecule has 0 fully saturated rings. The molecule has 0 spiro atoms. The van der Waals surface area contributed by atoms with E-state index in [1.165, 1.54) is 0 Å². The number of aliphatic hydroxyl groups is 6. The van der Waals surface area contributed by atoms with Gasteiger partial charge in [-0.15, -0.1) is 0 Å². The molecule has 0 aromatic heterocycles. The molecule has 0 aromatic rings. The standard InChI is InChI=1S/2C6H14O3/c2*1-6(2,4-8)5(9)3-7/h2*5,7-9H,3-4H2,1-2H3. The molecule has 0 rings (SSSR count). The number of rotatable bonds is 6. The Morgan fingerprint density at radius 3 is 0.944 bits per heavy atom. The Hall–Kier alpha value is -0.240. The SMILES string of the molecule is CC(C)(CO)C(O)CO.CC(C)(CO)C(O)CO. The van der Waals surface area contributed by atoms with Crippen LogP contribution in [0.4, 0.5) is 0 Å². The van der Waals surface area contributed by atoms with Crippen molar-refractivity contribution in [3.8, 4) is 0 Å². The summed E-state index contributed by atoms with van der Waals surface area (Å²) in [4.78, 5) is 0. The van der Waals surface area contributed by atoms with Crippen LogP contribution in [-0.2, 0) is 0 Å². The van der Waals surface area contributed by atoms with Crippen LogP contribution in [0.5, 0.6) is 0 Å². The Morgan fingerprint density at radius 2 is 0.889 bits per heavy atom. The molecule has 6 heteroatoms. The molecule has 0 amide bonds. The fourth-order valence-corrected chi connectivity index (χ4v) is 0.705. The Balaban J connectivity index is 0. The molecule has 0 aliphatic heterocycles. The van der Waals surface area contributed by atoms with Gasteiger partial charge >= 0.3 is 0 Å². The van der Waals surface area contributed by atoms with E-state index in [2.05, 4.69) is 0 Å². The van der Waals surface area contributed by atoms with Crippen molar-refractivity contribution in [1.29, 1.82) is 0 Å². The second-order valence-electron chi connectivity index (χ2n) is 5.69. The van der Waals surface area contributed by atoms with E-state index < -0.39 is 23.0 Å². The van der Waals surface area contributed by atoms with Crippen molar-refractivity contribution in [2.24, 2.45) is 10.8 Å². The van der Waals surface area contributed by atoms with Gasteiger partial charge in [0.1, 0.15) is 0 Å². The third-order valence-electron chi connectivity index (χ3n) is 2.97. The molecule has 0 aliphatic carbocycles. The molecule has 112 valence electrons. The summed E-state index contributed by atoms with van der Waals surface area (Å²) < 4.78 is 0. The molecule has 0 aromatic carbocycles. The molecule has 0 bridgehead atoms. The average Bonchev–Trinajstić information content (AvgIpc) is 2.37. The fourth-order valence-electron chi connectivity index (χ4n) is 0.705. The van der Waals surface area contributed by atoms with Crippen molar-refractivity contribution in [3.05, 3.63) is 0 Å². The van der Waals surface area contributed by atoms with Gasteiger partial charge < -0.3 is 30.6 Å². The lowest BCUT2D eigenvalue weighted by atomic mass is 9.88. The Morgan fingerprint density at radius 1 is 0.667 bits per heavy atom. The summed E-state index contributed by atoms with van der Waals surface area (Å²) >= 11 is 0. The minimum Gasteiger partial charge on any atom is -0.396 e. The van der Waals surface area contributed by atoms with Crippen LogP contribution in [0.25, 0.3) is 0 Å². The molecule has 0 heterocycles. The molecule has 0 aliphatic rings. The second kappa shape index (κ2) is 8.79. The average molecular weight is 268 g/mol. The Kier molecular flexibility index (Phi) is 9.81. The number of aliphatic hydroxyl groups excluding tert-OH is 6. The van der Waals surface area contributed by atoms with Gasteiger partial charge in [-0.25, -0.2) is 0 Å². The topological polar surface area (TPSA) is 121 Å². The minimum absolute atomic E-state index is 0.116. The third-order valence-corrected chi connectivity index (χ3v) is 2.97. The molecular weight excluding hydrogens is 240 g/mol. The normalized spacial score (nSPS) is 15.7. The highest BCUT2D eigenvalue weighted by molar-refractivity contribution is 4.76. The maximum absolute atomic E-state index is 8.98. The van der Waals surface area contributed by atoms with Crippen LogP contribution in [-0.4, -0.2) is 69.3 Å². The summed E-state index contributed by atoms with van der Waals surface area (Å²) in [6.45, 7) is 5.92. The first-order valence-corrected chi connectivity index (χ1v) is 5.88. The van der Waals surface area contributed by atoms with Gasteiger partial charge in [0.15, 0.2) is 0 Å². The summed E-state index contributed by atoms with van der Waals surface area (Å²) in [7, 11) is 0. The summed E-state index contributed by atoms with van der Waals surface area (Å²) in [6, 6.07) is 0. The van der Waals surface area contributed by atoms with E-state index in [1.54, 1.807) is 27.7 Å². The first kappa shape index (κ1) is 20.1. The van der Waals surface area contributed by atoms with Gasteiger partial charge in [-0.05, 0) is 0 Å². The van der Waals surface area contributed by atoms with E-state index in [9.17, 15) is 0 Å². The lowest BCUT2D eigenvalue weighted by Crippen LogP contribution is -2.35. The van der Waals surface area contributed by atoms with E-state index in [0.29, 0.717) is 0 Å². The summed E-state index contributed by atoms with van der Waals surface area (Å²) in [6.07, 6.45) is -1.66. The van der Waals surface area contributed by atoms with E-state index in [-0.39, 0.29) is 26.4 Å². The molecule has 2 atom stereocenters. The van der Waals surface area contributed by atoms with Gasteiger partial charge in [0, 0.05) is 10.8 Å². The summed E-state index contributed by atoms with van der Waals surface area (Å²) in [5.41, 5.74) is -1.18. The predicted octanol–water partition coefficient (Wildman–Crippen LogP) is -1.28. The molecule has 6 N–H and O–H groups in total. The molecule has 2 unspecified atom stereocenters. The van der Waals surface area contributed by atoms with Crippen molar-refractivity contribution >= 4 is 0 Å². The fraction of sp³-hybridized carbons (Fsp3) is 1.00. The maximum atomic E-state index is 8.98. The van der Waals surface area contributed by atoms with Crippen molar-refractivity contribution in [2.75, 3.05) is 26.4 Å². The highest BCUT2D eigenvalue weighted by atomic mass is 16.3. The zero-order valence-corrected chi connectivity index (χ0v) is 11.7. The van der Waals surface area contributed by atoms with Crippen molar-refractivity contribution in [3.63, 3.8) is 0 Å². The van der Waals surface area contributed by atoms with Crippen LogP contribution in [0.15, 0.2) is 0 Å². The number of hydrogen-bond acceptors (Lipinski definition) is 6. The lowest BCUT2D eigenvalue weighted by molar-refractivity contribution is -0.0255. The van der Waals surface area contributed by atoms with Gasteiger partial charge in [0.05, 0.1) is 38.6 Å². The van der Waals surface area contributed by atoms with Crippen LogP contribution in [0.3, 0.4) is 0 Å². The molecule has 6 nitrogen and oxygen atoms in total. The van der Waals surface area contributed by atoms with Crippen molar-refractivity contribution < 1.29 is 30.6 Å². The monoisotopic (exact) mass is 268 g/mol. The quantitative estimate of drug-likeness (QED) is 0.357. The van der Waals surface area contributed by atoms with Crippen LogP contribution in [0.1, 0.15) is 27.7 Å². The summed E-state index contributed by atoms with van der Waals surface area (Å²) in [5.74, 6) is 0. The minimum atomic E-state index is -0.831. The Labute approximate surface area is 109 Å². The van der Waals surface area contributed by atoms with E-state index >= 15 is 0 Å². The predicted molar refractivity (Wildman–Crippen MR) is 67.9 cm³/mol. The summed E-state index contributed by atoms with van der Waals surface area (Å²) in [5, 5.41) is 52.1. The van der Waals surface area contributed by atoms with Crippen molar-refractivity contribution in [2.45, 2.75) is 39.9 Å². The van der Waals surface area contributed by atoms with Gasteiger partial charge in [-0.2, -0.15) is 0 Å². The van der Waals surface area contributed by atoms with Crippen LogP contribution >= 0.6 is 0 Å². The van der Waals surface area contributed by atoms with Gasteiger partial charge in [-0.3, -0.25) is 0 Å². The lowest BCUT2D eigenvalue weighted by Gasteiger charge is -2.26. The second-order valence-corrected chi connectivity index (χ2v) is 5.69. The smallest absolute Gasteiger partial charge is 0.0843 e.